The van der Waals surface area contributed by atoms with Crippen molar-refractivity contribution in [1.82, 2.24) is 19.0 Å². The van der Waals surface area contributed by atoms with Gasteiger partial charge in [-0.1, -0.05) is 48.5 Å². The summed E-state index contributed by atoms with van der Waals surface area (Å²) >= 11 is 0. The van der Waals surface area contributed by atoms with Gasteiger partial charge in [-0.3, -0.25) is 9.36 Å². The molecule has 0 unspecified atom stereocenters. The number of rotatable bonds is 5. The summed E-state index contributed by atoms with van der Waals surface area (Å²) < 4.78 is 44.6. The minimum Gasteiger partial charge on any atom is -0.350 e. The topological polar surface area (TPSA) is 63.0 Å². The number of fused-ring (bicyclic) bond motifs is 2. The zero-order valence-corrected chi connectivity index (χ0v) is 22.0. The maximum atomic E-state index is 13.7. The molecule has 2 aromatic heterocycles. The standard InChI is InChI=1S/C31H29F3N4O2/c1-36-19-25(23-9-2-4-11-27(23)36)24(20-7-6-8-21(17-20)31(32,33)34)18-29(39)37-15-13-22(14-16-37)38-28-12-5-3-10-26(28)35-30(38)40/h2-12,17,19,22,24H,13-16,18H2,1H3,(H,35,40)/t24-/m1/s1. The Labute approximate surface area is 228 Å². The number of H-pyrrole nitrogens is 1. The molecule has 1 aliphatic heterocycles. The van der Waals surface area contributed by atoms with Gasteiger partial charge in [-0.15, -0.1) is 0 Å². The summed E-state index contributed by atoms with van der Waals surface area (Å²) in [6, 6.07) is 20.5. The monoisotopic (exact) mass is 546 g/mol. The van der Waals surface area contributed by atoms with E-state index < -0.39 is 17.7 Å². The van der Waals surface area contributed by atoms with Crippen LogP contribution in [0.3, 0.4) is 0 Å². The second kappa shape index (κ2) is 10.0. The van der Waals surface area contributed by atoms with Crippen LogP contribution in [0.1, 0.15) is 47.9 Å². The SMILES string of the molecule is Cn1cc([C@H](CC(=O)N2CCC(n3c(=O)[nH]c4ccccc43)CC2)c2cccc(C(F)(F)F)c2)c2ccccc21. The predicted molar refractivity (Wildman–Crippen MR) is 148 cm³/mol. The number of halogens is 3. The van der Waals surface area contributed by atoms with E-state index >= 15 is 0 Å². The molecular weight excluding hydrogens is 517 g/mol. The summed E-state index contributed by atoms with van der Waals surface area (Å²) in [6.07, 6.45) is -1.27. The van der Waals surface area contributed by atoms with Crippen LogP contribution in [-0.4, -0.2) is 38.0 Å². The highest BCUT2D eigenvalue weighted by atomic mass is 19.4. The van der Waals surface area contributed by atoms with E-state index in [0.29, 0.717) is 31.5 Å². The van der Waals surface area contributed by atoms with Crippen molar-refractivity contribution in [3.05, 3.63) is 106 Å². The van der Waals surface area contributed by atoms with E-state index in [9.17, 15) is 22.8 Å². The van der Waals surface area contributed by atoms with Crippen LogP contribution in [0.2, 0.25) is 0 Å². The van der Waals surface area contributed by atoms with E-state index in [0.717, 1.165) is 39.6 Å². The zero-order chi connectivity index (χ0) is 28.0. The number of imidazole rings is 1. The van der Waals surface area contributed by atoms with Gasteiger partial charge in [0.15, 0.2) is 0 Å². The number of aryl methyl sites for hydroxylation is 1. The maximum Gasteiger partial charge on any atom is 0.416 e. The summed E-state index contributed by atoms with van der Waals surface area (Å²) in [7, 11) is 1.90. The lowest BCUT2D eigenvalue weighted by Gasteiger charge is -2.33. The Balaban J connectivity index is 1.28. The first-order chi connectivity index (χ1) is 19.2. The van der Waals surface area contributed by atoms with E-state index in [1.807, 2.05) is 66.3 Å². The first-order valence-corrected chi connectivity index (χ1v) is 13.4. The molecule has 6 nitrogen and oxygen atoms in total. The van der Waals surface area contributed by atoms with Gasteiger partial charge in [0.05, 0.1) is 16.6 Å². The molecule has 0 bridgehead atoms. The fourth-order valence-corrected chi connectivity index (χ4v) is 6.10. The third kappa shape index (κ3) is 4.69. The van der Waals surface area contributed by atoms with Crippen LogP contribution < -0.4 is 5.69 Å². The minimum atomic E-state index is -4.48. The molecule has 0 saturated carbocycles. The summed E-state index contributed by atoms with van der Waals surface area (Å²) in [5.74, 6) is -0.657. The average Bonchev–Trinajstić information content (AvgIpc) is 3.47. The van der Waals surface area contributed by atoms with Crippen molar-refractivity contribution < 1.29 is 18.0 Å². The molecule has 206 valence electrons. The Morgan fingerprint density at radius 3 is 2.42 bits per heavy atom. The van der Waals surface area contributed by atoms with Crippen LogP contribution in [-0.2, 0) is 18.0 Å². The number of para-hydroxylation sites is 3. The lowest BCUT2D eigenvalue weighted by molar-refractivity contribution is -0.137. The van der Waals surface area contributed by atoms with Crippen molar-refractivity contribution in [2.24, 2.45) is 7.05 Å². The number of aromatic nitrogens is 3. The number of aromatic amines is 1. The first kappa shape index (κ1) is 26.0. The number of nitrogens with one attached hydrogen (secondary N) is 1. The van der Waals surface area contributed by atoms with Crippen LogP contribution >= 0.6 is 0 Å². The Bertz CT molecular complexity index is 1760. The number of hydrogen-bond donors (Lipinski definition) is 1. The Morgan fingerprint density at radius 1 is 0.975 bits per heavy atom. The predicted octanol–water partition coefficient (Wildman–Crippen LogP) is 6.23. The summed E-state index contributed by atoms with van der Waals surface area (Å²) in [6.45, 7) is 0.945. The van der Waals surface area contributed by atoms with Crippen molar-refractivity contribution in [3.8, 4) is 0 Å². The van der Waals surface area contributed by atoms with E-state index in [1.165, 1.54) is 6.07 Å². The number of likely N-dealkylation sites (tertiary alicyclic amines) is 1. The third-order valence-corrected chi connectivity index (χ3v) is 8.10. The van der Waals surface area contributed by atoms with Crippen LogP contribution in [0.25, 0.3) is 21.9 Å². The number of carbonyl (C=O) groups is 1. The van der Waals surface area contributed by atoms with Gasteiger partial charge in [0.25, 0.3) is 0 Å². The second-order valence-electron chi connectivity index (χ2n) is 10.5. The molecule has 1 atom stereocenters. The molecule has 0 aliphatic carbocycles. The van der Waals surface area contributed by atoms with E-state index in [4.69, 9.17) is 0 Å². The molecule has 1 amide bonds. The van der Waals surface area contributed by atoms with Crippen molar-refractivity contribution in [1.29, 1.82) is 0 Å². The molecule has 9 heteroatoms. The van der Waals surface area contributed by atoms with Gasteiger partial charge in [0, 0.05) is 55.6 Å². The molecule has 1 N–H and O–H groups in total. The summed E-state index contributed by atoms with van der Waals surface area (Å²) in [5.41, 5.74) is 2.97. The normalized spacial score (nSPS) is 15.7. The Hall–Kier alpha value is -4.27. The van der Waals surface area contributed by atoms with Crippen molar-refractivity contribution >= 4 is 27.8 Å². The molecule has 1 saturated heterocycles. The number of piperidine rings is 1. The van der Waals surface area contributed by atoms with Crippen LogP contribution in [0.4, 0.5) is 13.2 Å². The largest absolute Gasteiger partial charge is 0.416 e. The van der Waals surface area contributed by atoms with Crippen molar-refractivity contribution in [3.63, 3.8) is 0 Å². The van der Waals surface area contributed by atoms with Gasteiger partial charge in [-0.05, 0) is 48.2 Å². The second-order valence-corrected chi connectivity index (χ2v) is 10.5. The van der Waals surface area contributed by atoms with Gasteiger partial charge in [-0.25, -0.2) is 4.79 Å². The van der Waals surface area contributed by atoms with Crippen molar-refractivity contribution in [2.45, 2.75) is 37.4 Å². The molecule has 6 rings (SSSR count). The van der Waals surface area contributed by atoms with E-state index in [-0.39, 0.29) is 24.1 Å². The Morgan fingerprint density at radius 2 is 1.68 bits per heavy atom. The molecular formula is C31H29F3N4O2. The zero-order valence-electron chi connectivity index (χ0n) is 22.0. The quantitative estimate of drug-likeness (QED) is 0.284. The highest BCUT2D eigenvalue weighted by Crippen LogP contribution is 2.38. The van der Waals surface area contributed by atoms with E-state index in [2.05, 4.69) is 4.98 Å². The number of alkyl halides is 3. The highest BCUT2D eigenvalue weighted by molar-refractivity contribution is 5.86. The van der Waals surface area contributed by atoms with Gasteiger partial charge in [-0.2, -0.15) is 13.2 Å². The molecule has 3 aromatic carbocycles. The fraction of sp³-hybridized carbons (Fsp3) is 0.290. The average molecular weight is 547 g/mol. The molecule has 1 aliphatic rings. The van der Waals surface area contributed by atoms with Gasteiger partial charge in [0.1, 0.15) is 0 Å². The minimum absolute atomic E-state index is 0.0370. The molecule has 3 heterocycles. The lowest BCUT2D eigenvalue weighted by Crippen LogP contribution is -2.41. The number of amides is 1. The van der Waals surface area contributed by atoms with Gasteiger partial charge >= 0.3 is 11.9 Å². The maximum absolute atomic E-state index is 13.7. The number of hydrogen-bond acceptors (Lipinski definition) is 2. The summed E-state index contributed by atoms with van der Waals surface area (Å²) in [4.78, 5) is 31.0. The lowest BCUT2D eigenvalue weighted by atomic mass is 9.86. The van der Waals surface area contributed by atoms with E-state index in [1.54, 1.807) is 15.5 Å². The van der Waals surface area contributed by atoms with Gasteiger partial charge < -0.3 is 14.5 Å². The third-order valence-electron chi connectivity index (χ3n) is 8.10. The Kier molecular flexibility index (Phi) is 6.52. The molecule has 0 spiro atoms. The smallest absolute Gasteiger partial charge is 0.350 e. The molecule has 0 radical (unpaired) electrons. The van der Waals surface area contributed by atoms with Crippen LogP contribution in [0, 0.1) is 0 Å². The van der Waals surface area contributed by atoms with Crippen LogP contribution in [0.5, 0.6) is 0 Å². The molecule has 1 fully saturated rings. The first-order valence-electron chi connectivity index (χ1n) is 13.4. The summed E-state index contributed by atoms with van der Waals surface area (Å²) in [5, 5.41) is 0.914. The highest BCUT2D eigenvalue weighted by Gasteiger charge is 2.33. The fourth-order valence-electron chi connectivity index (χ4n) is 6.10. The number of nitrogens with zero attached hydrogens (tertiary/aromatic N) is 3. The van der Waals surface area contributed by atoms with Gasteiger partial charge in [0.2, 0.25) is 5.91 Å². The van der Waals surface area contributed by atoms with Crippen molar-refractivity contribution in [2.75, 3.05) is 13.1 Å². The molecule has 40 heavy (non-hydrogen) atoms. The number of benzene rings is 3. The van der Waals surface area contributed by atoms with Crippen LogP contribution in [0.15, 0.2) is 83.8 Å². The number of carbonyl (C=O) groups excluding carboxylic acids is 1. The molecule has 5 aromatic rings.